The van der Waals surface area contributed by atoms with Gasteiger partial charge in [-0.1, -0.05) is 148 Å². The molecule has 0 rings (SSSR count). The van der Waals surface area contributed by atoms with Crippen LogP contribution in [0.3, 0.4) is 0 Å². The van der Waals surface area contributed by atoms with Crippen LogP contribution in [-0.4, -0.2) is 75.6 Å². The fraction of sp³-hybridized carbons (Fsp3) is 0.540. The first-order chi connectivity index (χ1) is 28.6. The van der Waals surface area contributed by atoms with Crippen molar-refractivity contribution >= 4 is 13.8 Å². The zero-order valence-corrected chi connectivity index (χ0v) is 38.3. The summed E-state index contributed by atoms with van der Waals surface area (Å²) < 4.78 is 34.8. The quantitative estimate of drug-likeness (QED) is 0.0218. The van der Waals surface area contributed by atoms with Crippen molar-refractivity contribution in [3.63, 3.8) is 0 Å². The zero-order valence-electron chi connectivity index (χ0n) is 37.4. The van der Waals surface area contributed by atoms with Crippen LogP contribution in [0.2, 0.25) is 0 Å². The van der Waals surface area contributed by atoms with Crippen LogP contribution in [0.25, 0.3) is 0 Å². The average Bonchev–Trinajstić information content (AvgIpc) is 3.19. The van der Waals surface area contributed by atoms with Crippen LogP contribution in [0, 0.1) is 0 Å². The van der Waals surface area contributed by atoms with E-state index in [4.69, 9.17) is 18.5 Å². The fourth-order valence-corrected chi connectivity index (χ4v) is 5.64. The lowest BCUT2D eigenvalue weighted by molar-refractivity contribution is -0.870. The van der Waals surface area contributed by atoms with Crippen molar-refractivity contribution in [2.24, 2.45) is 0 Å². The highest BCUT2D eigenvalue weighted by Crippen LogP contribution is 2.43. The summed E-state index contributed by atoms with van der Waals surface area (Å²) in [6.45, 7) is 5.10. The summed E-state index contributed by atoms with van der Waals surface area (Å²) >= 11 is 0. The summed E-state index contributed by atoms with van der Waals surface area (Å²) in [5.41, 5.74) is 0. The van der Waals surface area contributed by atoms with Crippen molar-refractivity contribution in [2.75, 3.05) is 54.1 Å². The van der Waals surface area contributed by atoms with Gasteiger partial charge in [0.15, 0.2) is 0 Å². The molecule has 0 aromatic rings. The number of phosphoric acid groups is 1. The molecule has 0 amide bonds. The van der Waals surface area contributed by atoms with Gasteiger partial charge in [-0.15, -0.1) is 0 Å². The maximum absolute atomic E-state index is 12.7. The van der Waals surface area contributed by atoms with Gasteiger partial charge in [0.25, 0.3) is 0 Å². The lowest BCUT2D eigenvalue weighted by atomic mass is 10.2. The predicted octanol–water partition coefficient (Wildman–Crippen LogP) is 13.2. The monoisotopic (exact) mass is 839 g/mol. The molecule has 0 saturated heterocycles. The summed E-state index contributed by atoms with van der Waals surface area (Å²) in [6, 6.07) is 0. The molecule has 9 heteroatoms. The highest BCUT2D eigenvalue weighted by Gasteiger charge is 2.26. The van der Waals surface area contributed by atoms with Gasteiger partial charge in [-0.25, -0.2) is 4.57 Å². The van der Waals surface area contributed by atoms with E-state index in [1.54, 1.807) is 0 Å². The highest BCUT2D eigenvalue weighted by molar-refractivity contribution is 7.47. The second kappa shape index (κ2) is 41.4. The number of quaternary nitrogens is 1. The number of hydrogen-bond donors (Lipinski definition) is 1. The standard InChI is InChI=1S/C50H80NO7P/c1-6-8-10-12-14-16-18-20-22-23-24-25-26-27-28-29-30-31-33-35-37-39-41-43-50(52)58-49(48-57-59(53,54)56-46-44-51(3,4)5)47-55-45-42-40-38-36-34-32-21-19-17-15-13-11-9-7-2/h8-11,14-17,20-22,24-25,27-28,30-32,35-38,49H,6-7,12-13,18-19,23,26,29,33-34,39-48H2,1-5H3/p+1/b10-8-,11-9-,16-14-,17-15-,22-20-,25-24-,28-27-,31-30-,32-21-,37-35-,38-36-. The predicted molar refractivity (Wildman–Crippen MR) is 251 cm³/mol. The molecular formula is C50H81NO7P+. The Hall–Kier alpha value is -3.36. The summed E-state index contributed by atoms with van der Waals surface area (Å²) in [7, 11) is 1.57. The van der Waals surface area contributed by atoms with Crippen molar-refractivity contribution in [2.45, 2.75) is 123 Å². The molecule has 0 aromatic carbocycles. The number of likely N-dealkylation sites (N-methyl/N-ethyl adjacent to an activating group) is 1. The van der Waals surface area contributed by atoms with E-state index in [0.29, 0.717) is 24.1 Å². The van der Waals surface area contributed by atoms with E-state index in [1.807, 2.05) is 21.1 Å². The number of phosphoric ester groups is 1. The molecule has 2 unspecified atom stereocenters. The van der Waals surface area contributed by atoms with Gasteiger partial charge >= 0.3 is 13.8 Å². The SMILES string of the molecule is CC/C=C\C/C=C\C/C=C\C/C=C\C/C=C\C/C=C\C/C=C\CCCC(=O)OC(COCCC/C=C\C/C=C\C/C=C\C/C=C\CC)COP(=O)(O)OCC[N+](C)(C)C. The molecular weight excluding hydrogens is 758 g/mol. The summed E-state index contributed by atoms with van der Waals surface area (Å²) in [6.07, 6.45) is 60.9. The van der Waals surface area contributed by atoms with Crippen LogP contribution >= 0.6 is 7.82 Å². The number of unbranched alkanes of at least 4 members (excludes halogenated alkanes) is 2. The van der Waals surface area contributed by atoms with Crippen molar-refractivity contribution in [1.82, 2.24) is 0 Å². The molecule has 0 heterocycles. The lowest BCUT2D eigenvalue weighted by Crippen LogP contribution is -2.37. The Kier molecular flexibility index (Phi) is 39.0. The third-order valence-corrected chi connectivity index (χ3v) is 9.19. The van der Waals surface area contributed by atoms with Gasteiger partial charge in [0, 0.05) is 13.0 Å². The molecule has 332 valence electrons. The second-order valence-electron chi connectivity index (χ2n) is 15.0. The molecule has 0 aliphatic carbocycles. The number of allylic oxidation sites excluding steroid dienone is 22. The summed E-state index contributed by atoms with van der Waals surface area (Å²) in [5.74, 6) is -0.397. The molecule has 8 nitrogen and oxygen atoms in total. The first-order valence-corrected chi connectivity index (χ1v) is 23.4. The van der Waals surface area contributed by atoms with Gasteiger partial charge in [0.1, 0.15) is 19.3 Å². The van der Waals surface area contributed by atoms with E-state index < -0.39 is 19.9 Å². The normalized spacial score (nSPS) is 15.0. The molecule has 0 aliphatic rings. The minimum Gasteiger partial charge on any atom is -0.457 e. The van der Waals surface area contributed by atoms with E-state index in [1.165, 1.54) is 0 Å². The third kappa shape index (κ3) is 45.6. The molecule has 1 N–H and O–H groups in total. The lowest BCUT2D eigenvalue weighted by Gasteiger charge is -2.24. The van der Waals surface area contributed by atoms with Crippen LogP contribution in [0.4, 0.5) is 0 Å². The number of carbonyl (C=O) groups is 1. The average molecular weight is 839 g/mol. The Labute approximate surface area is 360 Å². The minimum atomic E-state index is -4.32. The Bertz CT molecular complexity index is 1390. The van der Waals surface area contributed by atoms with Crippen molar-refractivity contribution in [1.29, 1.82) is 0 Å². The largest absolute Gasteiger partial charge is 0.472 e. The number of carbonyl (C=O) groups excluding carboxylic acids is 1. The Morgan fingerprint density at radius 2 is 0.898 bits per heavy atom. The summed E-state index contributed by atoms with van der Waals surface area (Å²) in [4.78, 5) is 22.9. The Morgan fingerprint density at radius 3 is 1.29 bits per heavy atom. The Morgan fingerprint density at radius 1 is 0.525 bits per heavy atom. The molecule has 0 aliphatic heterocycles. The number of esters is 1. The van der Waals surface area contributed by atoms with Crippen LogP contribution in [0.1, 0.15) is 117 Å². The topological polar surface area (TPSA) is 91.3 Å². The maximum Gasteiger partial charge on any atom is 0.472 e. The van der Waals surface area contributed by atoms with Gasteiger partial charge in [0.2, 0.25) is 0 Å². The molecule has 0 radical (unpaired) electrons. The van der Waals surface area contributed by atoms with Crippen molar-refractivity contribution in [3.8, 4) is 0 Å². The number of rotatable bonds is 38. The van der Waals surface area contributed by atoms with Crippen LogP contribution in [0.15, 0.2) is 134 Å². The smallest absolute Gasteiger partial charge is 0.457 e. The molecule has 0 saturated carbocycles. The van der Waals surface area contributed by atoms with Crippen LogP contribution < -0.4 is 0 Å². The van der Waals surface area contributed by atoms with E-state index in [0.717, 1.165) is 89.9 Å². The minimum absolute atomic E-state index is 0.0587. The number of hydrogen-bond acceptors (Lipinski definition) is 6. The maximum atomic E-state index is 12.7. The Balaban J connectivity index is 4.45. The van der Waals surface area contributed by atoms with E-state index in [-0.39, 0.29) is 26.2 Å². The first-order valence-electron chi connectivity index (χ1n) is 21.9. The van der Waals surface area contributed by atoms with Crippen molar-refractivity contribution < 1.29 is 37.3 Å². The highest BCUT2D eigenvalue weighted by atomic mass is 31.2. The van der Waals surface area contributed by atoms with Crippen molar-refractivity contribution in [3.05, 3.63) is 134 Å². The number of ether oxygens (including phenoxy) is 2. The van der Waals surface area contributed by atoms with Crippen LogP contribution in [-0.2, 0) is 27.9 Å². The van der Waals surface area contributed by atoms with Gasteiger partial charge in [-0.2, -0.15) is 0 Å². The van der Waals surface area contributed by atoms with Gasteiger partial charge in [-0.3, -0.25) is 13.8 Å². The second-order valence-corrected chi connectivity index (χ2v) is 16.4. The van der Waals surface area contributed by atoms with Crippen LogP contribution in [0.5, 0.6) is 0 Å². The molecule has 0 spiro atoms. The fourth-order valence-electron chi connectivity index (χ4n) is 4.90. The third-order valence-electron chi connectivity index (χ3n) is 8.21. The van der Waals surface area contributed by atoms with Gasteiger partial charge < -0.3 is 18.9 Å². The van der Waals surface area contributed by atoms with E-state index in [9.17, 15) is 14.3 Å². The summed E-state index contributed by atoms with van der Waals surface area (Å²) in [5, 5.41) is 0. The molecule has 0 bridgehead atoms. The molecule has 59 heavy (non-hydrogen) atoms. The molecule has 2 atom stereocenters. The van der Waals surface area contributed by atoms with E-state index in [2.05, 4.69) is 148 Å². The first kappa shape index (κ1) is 55.6. The zero-order chi connectivity index (χ0) is 43.4. The molecule has 0 fully saturated rings. The van der Waals surface area contributed by atoms with Gasteiger partial charge in [-0.05, 0) is 96.3 Å². The van der Waals surface area contributed by atoms with Gasteiger partial charge in [0.05, 0.1) is 34.4 Å². The van der Waals surface area contributed by atoms with E-state index >= 15 is 0 Å². The molecule has 0 aromatic heterocycles. The number of nitrogens with zero attached hydrogens (tertiary/aromatic N) is 1.